The zero-order valence-electron chi connectivity index (χ0n) is 16.3. The van der Waals surface area contributed by atoms with Crippen molar-refractivity contribution in [2.45, 2.75) is 6.42 Å². The number of hydrazone groups is 1. The van der Waals surface area contributed by atoms with Crippen molar-refractivity contribution >= 4 is 34.5 Å². The third-order valence-corrected chi connectivity index (χ3v) is 4.97. The summed E-state index contributed by atoms with van der Waals surface area (Å²) in [5, 5.41) is 6.68. The number of fused-ring (bicyclic) bond motifs is 1. The molecule has 0 saturated heterocycles. The minimum atomic E-state index is -0.198. The fraction of sp³-hybridized carbons (Fsp3) is 0.0833. The van der Waals surface area contributed by atoms with E-state index in [1.807, 2.05) is 54.6 Å². The van der Waals surface area contributed by atoms with Crippen molar-refractivity contribution in [1.82, 2.24) is 5.43 Å². The van der Waals surface area contributed by atoms with Crippen molar-refractivity contribution in [3.63, 3.8) is 0 Å². The molecule has 0 aliphatic carbocycles. The molecule has 4 aromatic rings. The van der Waals surface area contributed by atoms with Crippen LogP contribution in [-0.4, -0.2) is 19.2 Å². The molecule has 0 spiro atoms. The van der Waals surface area contributed by atoms with Gasteiger partial charge in [-0.05, 0) is 46.7 Å². The molecule has 0 bridgehead atoms. The summed E-state index contributed by atoms with van der Waals surface area (Å²) in [4.78, 5) is 12.3. The van der Waals surface area contributed by atoms with Gasteiger partial charge in [-0.1, -0.05) is 54.1 Å². The number of rotatable bonds is 6. The summed E-state index contributed by atoms with van der Waals surface area (Å²) in [6.45, 7) is 0. The molecular weight excluding hydrogens is 400 g/mol. The average Bonchev–Trinajstić information content (AvgIpc) is 3.23. The van der Waals surface area contributed by atoms with Gasteiger partial charge in [0.25, 0.3) is 0 Å². The van der Waals surface area contributed by atoms with Crippen LogP contribution in [0.4, 0.5) is 0 Å². The summed E-state index contributed by atoms with van der Waals surface area (Å²) < 4.78 is 10.9. The molecule has 3 aromatic carbocycles. The van der Waals surface area contributed by atoms with Gasteiger partial charge in [-0.2, -0.15) is 5.10 Å². The van der Waals surface area contributed by atoms with Gasteiger partial charge in [-0.25, -0.2) is 5.43 Å². The third-order valence-electron chi connectivity index (χ3n) is 4.68. The van der Waals surface area contributed by atoms with Crippen LogP contribution in [0, 0.1) is 0 Å². The van der Waals surface area contributed by atoms with Gasteiger partial charge in [-0.3, -0.25) is 4.79 Å². The van der Waals surface area contributed by atoms with Gasteiger partial charge in [0.05, 0.1) is 24.8 Å². The molecule has 5 nitrogen and oxygen atoms in total. The highest BCUT2D eigenvalue weighted by atomic mass is 35.5. The predicted octanol–water partition coefficient (Wildman–Crippen LogP) is 5.45. The Morgan fingerprint density at radius 1 is 1.10 bits per heavy atom. The summed E-state index contributed by atoms with van der Waals surface area (Å²) in [5.74, 6) is 1.56. The zero-order chi connectivity index (χ0) is 20.9. The van der Waals surface area contributed by atoms with Gasteiger partial charge >= 0.3 is 0 Å². The molecule has 1 heterocycles. The van der Waals surface area contributed by atoms with Crippen molar-refractivity contribution in [2.24, 2.45) is 5.10 Å². The molecule has 0 radical (unpaired) electrons. The standard InChI is InChI=1S/C24H19ClN2O3/c1-29-23-11-9-18(13-21(23)25)22-12-10-19(30-22)15-26-27-24(28)14-17-7-4-6-16-5-2-3-8-20(16)17/h2-13,15H,14H2,1H3,(H,27,28)/b26-15+. The second kappa shape index (κ2) is 8.84. The maximum absolute atomic E-state index is 12.3. The smallest absolute Gasteiger partial charge is 0.244 e. The van der Waals surface area contributed by atoms with Crippen molar-refractivity contribution in [2.75, 3.05) is 7.11 Å². The van der Waals surface area contributed by atoms with E-state index >= 15 is 0 Å². The van der Waals surface area contributed by atoms with E-state index in [1.165, 1.54) is 6.21 Å². The Balaban J connectivity index is 1.40. The van der Waals surface area contributed by atoms with Crippen LogP contribution >= 0.6 is 11.6 Å². The number of carbonyl (C=O) groups excluding carboxylic acids is 1. The van der Waals surface area contributed by atoms with E-state index in [2.05, 4.69) is 10.5 Å². The van der Waals surface area contributed by atoms with E-state index in [1.54, 1.807) is 25.3 Å². The summed E-state index contributed by atoms with van der Waals surface area (Å²) >= 11 is 6.17. The van der Waals surface area contributed by atoms with E-state index in [4.69, 9.17) is 20.8 Å². The Hall–Kier alpha value is -3.57. The number of halogens is 1. The highest BCUT2D eigenvalue weighted by Crippen LogP contribution is 2.30. The molecule has 0 saturated carbocycles. The topological polar surface area (TPSA) is 63.8 Å². The largest absolute Gasteiger partial charge is 0.495 e. The molecule has 30 heavy (non-hydrogen) atoms. The van der Waals surface area contributed by atoms with Gasteiger partial charge in [0.1, 0.15) is 17.3 Å². The fourth-order valence-corrected chi connectivity index (χ4v) is 3.48. The zero-order valence-corrected chi connectivity index (χ0v) is 17.0. The molecule has 0 aliphatic heterocycles. The number of ether oxygens (including phenoxy) is 1. The number of carbonyl (C=O) groups is 1. The van der Waals surface area contributed by atoms with Crippen LogP contribution in [0.25, 0.3) is 22.1 Å². The molecule has 1 amide bonds. The maximum Gasteiger partial charge on any atom is 0.244 e. The van der Waals surface area contributed by atoms with Crippen LogP contribution in [0.3, 0.4) is 0 Å². The van der Waals surface area contributed by atoms with Gasteiger partial charge in [0.15, 0.2) is 0 Å². The second-order valence-electron chi connectivity index (χ2n) is 6.66. The minimum absolute atomic E-state index is 0.198. The van der Waals surface area contributed by atoms with Crippen molar-refractivity contribution < 1.29 is 13.9 Å². The van der Waals surface area contributed by atoms with Crippen molar-refractivity contribution in [3.8, 4) is 17.1 Å². The lowest BCUT2D eigenvalue weighted by atomic mass is 10.0. The normalized spacial score (nSPS) is 11.1. The molecule has 0 aliphatic rings. The maximum atomic E-state index is 12.3. The Labute approximate surface area is 178 Å². The van der Waals surface area contributed by atoms with E-state index in [-0.39, 0.29) is 12.3 Å². The third kappa shape index (κ3) is 4.36. The van der Waals surface area contributed by atoms with Crippen LogP contribution in [-0.2, 0) is 11.2 Å². The van der Waals surface area contributed by atoms with Gasteiger partial charge in [-0.15, -0.1) is 0 Å². The van der Waals surface area contributed by atoms with E-state index in [0.717, 1.165) is 21.9 Å². The fourth-order valence-electron chi connectivity index (χ4n) is 3.22. The number of nitrogens with zero attached hydrogens (tertiary/aromatic N) is 1. The molecule has 150 valence electrons. The molecule has 1 N–H and O–H groups in total. The molecule has 0 unspecified atom stereocenters. The number of benzene rings is 3. The number of amides is 1. The van der Waals surface area contributed by atoms with Crippen molar-refractivity contribution in [3.05, 3.63) is 89.1 Å². The summed E-state index contributed by atoms with van der Waals surface area (Å²) in [6.07, 6.45) is 1.71. The van der Waals surface area contributed by atoms with Crippen LogP contribution in [0.5, 0.6) is 5.75 Å². The first-order chi connectivity index (χ1) is 14.6. The van der Waals surface area contributed by atoms with Gasteiger partial charge < -0.3 is 9.15 Å². The predicted molar refractivity (Wildman–Crippen MR) is 119 cm³/mol. The van der Waals surface area contributed by atoms with E-state index in [0.29, 0.717) is 22.3 Å². The molecule has 6 heteroatoms. The number of nitrogens with one attached hydrogen (secondary N) is 1. The van der Waals surface area contributed by atoms with E-state index < -0.39 is 0 Å². The SMILES string of the molecule is COc1ccc(-c2ccc(/C=N/NC(=O)Cc3cccc4ccccc34)o2)cc1Cl. The van der Waals surface area contributed by atoms with Crippen LogP contribution in [0.15, 0.2) is 82.3 Å². The molecule has 4 rings (SSSR count). The lowest BCUT2D eigenvalue weighted by molar-refractivity contribution is -0.120. The number of hydrogen-bond donors (Lipinski definition) is 1. The van der Waals surface area contributed by atoms with Crippen molar-refractivity contribution in [1.29, 1.82) is 0 Å². The first kappa shape index (κ1) is 19.7. The quantitative estimate of drug-likeness (QED) is 0.334. The second-order valence-corrected chi connectivity index (χ2v) is 7.07. The highest BCUT2D eigenvalue weighted by Gasteiger charge is 2.08. The van der Waals surface area contributed by atoms with Crippen LogP contribution < -0.4 is 10.2 Å². The van der Waals surface area contributed by atoms with Gasteiger partial charge in [0.2, 0.25) is 5.91 Å². The van der Waals surface area contributed by atoms with Crippen LogP contribution in [0.1, 0.15) is 11.3 Å². The van der Waals surface area contributed by atoms with E-state index in [9.17, 15) is 4.79 Å². The first-order valence-corrected chi connectivity index (χ1v) is 9.74. The summed E-state index contributed by atoms with van der Waals surface area (Å²) in [6, 6.07) is 22.9. The average molecular weight is 419 g/mol. The Morgan fingerprint density at radius 3 is 2.77 bits per heavy atom. The Morgan fingerprint density at radius 2 is 1.93 bits per heavy atom. The molecule has 0 atom stereocenters. The monoisotopic (exact) mass is 418 g/mol. The Bertz CT molecular complexity index is 1220. The Kier molecular flexibility index (Phi) is 5.82. The summed E-state index contributed by atoms with van der Waals surface area (Å²) in [5.41, 5.74) is 4.33. The minimum Gasteiger partial charge on any atom is -0.495 e. The summed E-state index contributed by atoms with van der Waals surface area (Å²) in [7, 11) is 1.57. The number of furan rings is 1. The molecule has 1 aromatic heterocycles. The highest BCUT2D eigenvalue weighted by molar-refractivity contribution is 6.32. The lowest BCUT2D eigenvalue weighted by Gasteiger charge is -2.05. The molecule has 0 fully saturated rings. The lowest BCUT2D eigenvalue weighted by Crippen LogP contribution is -2.19. The van der Waals surface area contributed by atoms with Crippen LogP contribution in [0.2, 0.25) is 5.02 Å². The first-order valence-electron chi connectivity index (χ1n) is 9.36. The number of hydrogen-bond acceptors (Lipinski definition) is 4. The number of methoxy groups -OCH3 is 1. The van der Waals surface area contributed by atoms with Gasteiger partial charge in [0, 0.05) is 5.56 Å². The molecular formula is C24H19ClN2O3.